The van der Waals surface area contributed by atoms with Gasteiger partial charge >= 0.3 is 0 Å². The Hall–Kier alpha value is -1.29. The first-order valence-electron chi connectivity index (χ1n) is 5.83. The number of rotatable bonds is 6. The number of benzene rings is 1. The molecule has 0 aliphatic heterocycles. The van der Waals surface area contributed by atoms with Crippen LogP contribution in [0.3, 0.4) is 0 Å². The molecule has 1 atom stereocenters. The van der Waals surface area contributed by atoms with Crippen molar-refractivity contribution in [1.29, 1.82) is 0 Å². The zero-order chi connectivity index (χ0) is 12.3. The smallest absolute Gasteiger partial charge is 0.144 e. The van der Waals surface area contributed by atoms with Gasteiger partial charge < -0.3 is 14.8 Å². The molecule has 0 heterocycles. The van der Waals surface area contributed by atoms with Gasteiger partial charge in [-0.2, -0.15) is 0 Å². The van der Waals surface area contributed by atoms with E-state index in [1.807, 2.05) is 0 Å². The Balaban J connectivity index is 2.10. The molecule has 4 heteroatoms. The zero-order valence-corrected chi connectivity index (χ0v) is 10.2. The lowest BCUT2D eigenvalue weighted by molar-refractivity contribution is 0.179. The summed E-state index contributed by atoms with van der Waals surface area (Å²) in [5.74, 6) is 0.901. The maximum Gasteiger partial charge on any atom is 0.144 e. The molecule has 2 rings (SSSR count). The molecule has 0 spiro atoms. The van der Waals surface area contributed by atoms with E-state index in [-0.39, 0.29) is 11.9 Å². The summed E-state index contributed by atoms with van der Waals surface area (Å²) in [6.45, 7) is 0.658. The van der Waals surface area contributed by atoms with Crippen molar-refractivity contribution >= 4 is 5.69 Å². The first-order valence-corrected chi connectivity index (χ1v) is 5.83. The topological polar surface area (TPSA) is 30.5 Å². The van der Waals surface area contributed by atoms with Gasteiger partial charge in [0.05, 0.1) is 25.4 Å². The molecule has 1 fully saturated rings. The lowest BCUT2D eigenvalue weighted by Gasteiger charge is -2.20. The fourth-order valence-corrected chi connectivity index (χ4v) is 1.96. The van der Waals surface area contributed by atoms with E-state index < -0.39 is 0 Å². The van der Waals surface area contributed by atoms with Gasteiger partial charge in [-0.25, -0.2) is 4.39 Å². The molecule has 17 heavy (non-hydrogen) atoms. The van der Waals surface area contributed by atoms with Crippen LogP contribution in [0.4, 0.5) is 10.1 Å². The van der Waals surface area contributed by atoms with Crippen LogP contribution in [0.2, 0.25) is 0 Å². The molecule has 94 valence electrons. The Morgan fingerprint density at radius 3 is 2.76 bits per heavy atom. The SMILES string of the molecule is COCC(Nc1ccc(F)cc1OC)C1CC1. The zero-order valence-electron chi connectivity index (χ0n) is 10.2. The summed E-state index contributed by atoms with van der Waals surface area (Å²) in [7, 11) is 3.24. The molecule has 0 bridgehead atoms. The monoisotopic (exact) mass is 239 g/mol. The van der Waals surface area contributed by atoms with E-state index in [2.05, 4.69) is 5.32 Å². The average Bonchev–Trinajstić information content (AvgIpc) is 3.14. The largest absolute Gasteiger partial charge is 0.494 e. The first kappa shape index (κ1) is 12.2. The van der Waals surface area contributed by atoms with Gasteiger partial charge in [0, 0.05) is 13.2 Å². The fraction of sp³-hybridized carbons (Fsp3) is 0.538. The second kappa shape index (κ2) is 5.36. The summed E-state index contributed by atoms with van der Waals surface area (Å²) in [5.41, 5.74) is 0.822. The van der Waals surface area contributed by atoms with Crippen LogP contribution in [0, 0.1) is 11.7 Å². The third-order valence-electron chi connectivity index (χ3n) is 3.04. The summed E-state index contributed by atoms with van der Waals surface area (Å²) in [4.78, 5) is 0. The molecule has 1 aromatic carbocycles. The van der Waals surface area contributed by atoms with Crippen LogP contribution in [0.25, 0.3) is 0 Å². The number of anilines is 1. The number of halogens is 1. The maximum absolute atomic E-state index is 13.1. The maximum atomic E-state index is 13.1. The van der Waals surface area contributed by atoms with Crippen molar-refractivity contribution in [3.05, 3.63) is 24.0 Å². The average molecular weight is 239 g/mol. The first-order chi connectivity index (χ1) is 8.24. The van der Waals surface area contributed by atoms with Gasteiger partial charge in [-0.3, -0.25) is 0 Å². The molecule has 1 saturated carbocycles. The summed E-state index contributed by atoms with van der Waals surface area (Å²) in [6, 6.07) is 4.80. The van der Waals surface area contributed by atoms with Gasteiger partial charge in [0.25, 0.3) is 0 Å². The van der Waals surface area contributed by atoms with E-state index in [4.69, 9.17) is 9.47 Å². The highest BCUT2D eigenvalue weighted by Gasteiger charge is 2.31. The molecular weight excluding hydrogens is 221 g/mol. The van der Waals surface area contributed by atoms with Gasteiger partial charge in [-0.15, -0.1) is 0 Å². The third kappa shape index (κ3) is 3.09. The Kier molecular flexibility index (Phi) is 3.84. The van der Waals surface area contributed by atoms with Crippen LogP contribution in [0.1, 0.15) is 12.8 Å². The van der Waals surface area contributed by atoms with Gasteiger partial charge in [0.1, 0.15) is 11.6 Å². The Morgan fingerprint density at radius 2 is 2.18 bits per heavy atom. The minimum atomic E-state index is -0.290. The van der Waals surface area contributed by atoms with E-state index in [9.17, 15) is 4.39 Å². The molecule has 1 N–H and O–H groups in total. The highest BCUT2D eigenvalue weighted by Crippen LogP contribution is 2.36. The third-order valence-corrected chi connectivity index (χ3v) is 3.04. The molecule has 0 amide bonds. The molecule has 0 saturated heterocycles. The minimum Gasteiger partial charge on any atom is -0.494 e. The molecule has 0 radical (unpaired) electrons. The van der Waals surface area contributed by atoms with Gasteiger partial charge in [-0.05, 0) is 30.9 Å². The summed E-state index contributed by atoms with van der Waals surface area (Å²) in [5, 5.41) is 3.37. The van der Waals surface area contributed by atoms with Crippen molar-refractivity contribution < 1.29 is 13.9 Å². The van der Waals surface area contributed by atoms with E-state index in [0.717, 1.165) is 5.69 Å². The molecule has 1 aliphatic rings. The normalized spacial score (nSPS) is 16.6. The van der Waals surface area contributed by atoms with Crippen LogP contribution < -0.4 is 10.1 Å². The van der Waals surface area contributed by atoms with Crippen molar-refractivity contribution in [1.82, 2.24) is 0 Å². The van der Waals surface area contributed by atoms with Crippen LogP contribution in [-0.2, 0) is 4.74 Å². The van der Waals surface area contributed by atoms with Crippen molar-refractivity contribution in [3.8, 4) is 5.75 Å². The van der Waals surface area contributed by atoms with E-state index in [1.165, 1.54) is 25.0 Å². The second-order valence-corrected chi connectivity index (χ2v) is 4.39. The van der Waals surface area contributed by atoms with Gasteiger partial charge in [0.15, 0.2) is 0 Å². The fourth-order valence-electron chi connectivity index (χ4n) is 1.96. The van der Waals surface area contributed by atoms with Crippen LogP contribution in [0.15, 0.2) is 18.2 Å². The number of ether oxygens (including phenoxy) is 2. The molecule has 1 aromatic rings. The lowest BCUT2D eigenvalue weighted by atomic mass is 10.1. The second-order valence-electron chi connectivity index (χ2n) is 4.39. The van der Waals surface area contributed by atoms with E-state index in [1.54, 1.807) is 20.3 Å². The Labute approximate surface area is 101 Å². The standard InChI is InChI=1S/C13H18FNO2/c1-16-8-12(9-3-4-9)15-11-6-5-10(14)7-13(11)17-2/h5-7,9,12,15H,3-4,8H2,1-2H3. The minimum absolute atomic E-state index is 0.277. The lowest BCUT2D eigenvalue weighted by Crippen LogP contribution is -2.27. The van der Waals surface area contributed by atoms with Gasteiger partial charge in [-0.1, -0.05) is 0 Å². The Morgan fingerprint density at radius 1 is 1.41 bits per heavy atom. The number of hydrogen-bond donors (Lipinski definition) is 1. The molecule has 3 nitrogen and oxygen atoms in total. The number of nitrogens with one attached hydrogen (secondary N) is 1. The summed E-state index contributed by atoms with van der Waals surface area (Å²) in [6.07, 6.45) is 2.45. The molecule has 1 unspecified atom stereocenters. The van der Waals surface area contributed by atoms with Gasteiger partial charge in [0.2, 0.25) is 0 Å². The van der Waals surface area contributed by atoms with Crippen molar-refractivity contribution in [3.63, 3.8) is 0 Å². The predicted molar refractivity (Wildman–Crippen MR) is 65.0 cm³/mol. The quantitative estimate of drug-likeness (QED) is 0.828. The predicted octanol–water partition coefficient (Wildman–Crippen LogP) is 2.67. The summed E-state index contributed by atoms with van der Waals surface area (Å²) >= 11 is 0. The molecular formula is C13H18FNO2. The van der Waals surface area contributed by atoms with Crippen LogP contribution >= 0.6 is 0 Å². The van der Waals surface area contributed by atoms with Crippen molar-refractivity contribution in [2.24, 2.45) is 5.92 Å². The number of methoxy groups -OCH3 is 2. The van der Waals surface area contributed by atoms with E-state index in [0.29, 0.717) is 18.3 Å². The van der Waals surface area contributed by atoms with Crippen molar-refractivity contribution in [2.45, 2.75) is 18.9 Å². The highest BCUT2D eigenvalue weighted by molar-refractivity contribution is 5.57. The van der Waals surface area contributed by atoms with Crippen molar-refractivity contribution in [2.75, 3.05) is 26.1 Å². The molecule has 1 aliphatic carbocycles. The van der Waals surface area contributed by atoms with Crippen LogP contribution in [-0.4, -0.2) is 26.9 Å². The van der Waals surface area contributed by atoms with E-state index >= 15 is 0 Å². The van der Waals surface area contributed by atoms with Crippen LogP contribution in [0.5, 0.6) is 5.75 Å². The number of hydrogen-bond acceptors (Lipinski definition) is 3. The Bertz CT molecular complexity index is 380. The molecule has 0 aromatic heterocycles. The highest BCUT2D eigenvalue weighted by atomic mass is 19.1. The summed E-state index contributed by atoms with van der Waals surface area (Å²) < 4.78 is 23.4.